The van der Waals surface area contributed by atoms with Gasteiger partial charge in [-0.2, -0.15) is 0 Å². The number of aliphatic carboxylic acids is 1. The van der Waals surface area contributed by atoms with Crippen molar-refractivity contribution in [2.24, 2.45) is 0 Å². The molecule has 0 aromatic heterocycles. The molecule has 0 fully saturated rings. The molecule has 0 aliphatic rings. The third kappa shape index (κ3) is 4.08. The maximum Gasteiger partial charge on any atom is 0.304 e. The van der Waals surface area contributed by atoms with E-state index in [0.717, 1.165) is 11.1 Å². The van der Waals surface area contributed by atoms with E-state index in [-0.39, 0.29) is 11.7 Å². The molecule has 0 radical (unpaired) electrons. The number of rotatable bonds is 6. The maximum atomic E-state index is 10.8. The molecule has 0 spiro atoms. The van der Waals surface area contributed by atoms with Crippen LogP contribution in [0.25, 0.3) is 0 Å². The van der Waals surface area contributed by atoms with Gasteiger partial charge in [0.15, 0.2) is 0 Å². The number of thioether (sulfide) groups is 1. The summed E-state index contributed by atoms with van der Waals surface area (Å²) < 4.78 is 0. The van der Waals surface area contributed by atoms with E-state index >= 15 is 0 Å². The van der Waals surface area contributed by atoms with E-state index < -0.39 is 5.97 Å². The van der Waals surface area contributed by atoms with Gasteiger partial charge in [0, 0.05) is 22.2 Å². The van der Waals surface area contributed by atoms with Gasteiger partial charge in [-0.1, -0.05) is 29.8 Å². The number of carboxylic acids is 1. The normalized spacial score (nSPS) is 12.0. The average molecular weight is 337 g/mol. The standard InChI is InChI=1S/C16H17ClN2O2S/c17-13-4-2-1-3-11(13)16(22-8-7-15(20)21)12-9-10(18)5-6-14(12)19/h1-6,9,16H,7-8,18-19H2,(H,20,21). The Morgan fingerprint density at radius 2 is 1.91 bits per heavy atom. The van der Waals surface area contributed by atoms with Gasteiger partial charge in [-0.3, -0.25) is 4.79 Å². The predicted octanol–water partition coefficient (Wildman–Crippen LogP) is 3.80. The minimum atomic E-state index is -0.828. The zero-order chi connectivity index (χ0) is 16.1. The second kappa shape index (κ2) is 7.42. The van der Waals surface area contributed by atoms with Crippen LogP contribution in [0.15, 0.2) is 42.5 Å². The van der Waals surface area contributed by atoms with E-state index in [4.69, 9.17) is 28.2 Å². The average Bonchev–Trinajstić information content (AvgIpc) is 2.47. The van der Waals surface area contributed by atoms with Crippen LogP contribution >= 0.6 is 23.4 Å². The molecule has 22 heavy (non-hydrogen) atoms. The zero-order valence-corrected chi connectivity index (χ0v) is 13.4. The number of hydrogen-bond acceptors (Lipinski definition) is 4. The van der Waals surface area contributed by atoms with Crippen molar-refractivity contribution < 1.29 is 9.90 Å². The zero-order valence-electron chi connectivity index (χ0n) is 11.8. The van der Waals surface area contributed by atoms with Crippen LogP contribution in [-0.4, -0.2) is 16.8 Å². The summed E-state index contributed by atoms with van der Waals surface area (Å²) in [6.07, 6.45) is 0.0772. The highest BCUT2D eigenvalue weighted by Crippen LogP contribution is 2.42. The summed E-state index contributed by atoms with van der Waals surface area (Å²) in [5, 5.41) is 9.30. The molecule has 2 aromatic rings. The lowest BCUT2D eigenvalue weighted by molar-refractivity contribution is -0.136. The van der Waals surface area contributed by atoms with Crippen LogP contribution in [0.1, 0.15) is 22.8 Å². The molecule has 2 aromatic carbocycles. The second-order valence-electron chi connectivity index (χ2n) is 4.80. The second-order valence-corrected chi connectivity index (χ2v) is 6.42. The van der Waals surface area contributed by atoms with E-state index in [2.05, 4.69) is 0 Å². The van der Waals surface area contributed by atoms with E-state index in [9.17, 15) is 4.79 Å². The highest BCUT2D eigenvalue weighted by molar-refractivity contribution is 7.99. The van der Waals surface area contributed by atoms with Gasteiger partial charge in [-0.15, -0.1) is 11.8 Å². The van der Waals surface area contributed by atoms with Crippen molar-refractivity contribution in [1.29, 1.82) is 0 Å². The van der Waals surface area contributed by atoms with Crippen molar-refractivity contribution >= 4 is 40.7 Å². The van der Waals surface area contributed by atoms with Gasteiger partial charge in [0.1, 0.15) is 0 Å². The SMILES string of the molecule is Nc1ccc(N)c(C(SCCC(=O)O)c2ccccc2Cl)c1. The molecule has 6 heteroatoms. The summed E-state index contributed by atoms with van der Waals surface area (Å²) >= 11 is 7.79. The number of anilines is 2. The molecule has 0 heterocycles. The summed E-state index contributed by atoms with van der Waals surface area (Å²) in [5.74, 6) is -0.370. The molecular weight excluding hydrogens is 320 g/mol. The van der Waals surface area contributed by atoms with Gasteiger partial charge in [0.2, 0.25) is 0 Å². The predicted molar refractivity (Wildman–Crippen MR) is 93.3 cm³/mol. The van der Waals surface area contributed by atoms with Crippen LogP contribution < -0.4 is 11.5 Å². The minimum Gasteiger partial charge on any atom is -0.481 e. The first-order chi connectivity index (χ1) is 10.5. The molecule has 116 valence electrons. The monoisotopic (exact) mass is 336 g/mol. The Morgan fingerprint density at radius 1 is 1.18 bits per heavy atom. The maximum absolute atomic E-state index is 10.8. The fourth-order valence-corrected chi connectivity index (χ4v) is 3.73. The Kier molecular flexibility index (Phi) is 5.57. The van der Waals surface area contributed by atoms with Gasteiger partial charge in [-0.05, 0) is 35.4 Å². The Bertz CT molecular complexity index is 679. The number of nitrogens with two attached hydrogens (primary N) is 2. The highest BCUT2D eigenvalue weighted by atomic mass is 35.5. The number of carboxylic acid groups (broad SMARTS) is 1. The summed E-state index contributed by atoms with van der Waals surface area (Å²) in [6.45, 7) is 0. The fourth-order valence-electron chi connectivity index (χ4n) is 2.12. The number of nitrogen functional groups attached to an aromatic ring is 2. The van der Waals surface area contributed by atoms with Crippen molar-refractivity contribution in [2.45, 2.75) is 11.7 Å². The summed E-state index contributed by atoms with van der Waals surface area (Å²) in [6, 6.07) is 12.8. The lowest BCUT2D eigenvalue weighted by Crippen LogP contribution is -2.05. The number of hydrogen-bond donors (Lipinski definition) is 3. The minimum absolute atomic E-state index is 0.0772. The molecule has 0 aliphatic heterocycles. The van der Waals surface area contributed by atoms with E-state index in [1.54, 1.807) is 12.1 Å². The first kappa shape index (κ1) is 16.5. The Labute approximate surface area is 138 Å². The third-order valence-corrected chi connectivity index (χ3v) is 4.81. The van der Waals surface area contributed by atoms with Crippen LogP contribution in [0.5, 0.6) is 0 Å². The van der Waals surface area contributed by atoms with Crippen LogP contribution in [0.2, 0.25) is 5.02 Å². The molecule has 0 aliphatic carbocycles. The Morgan fingerprint density at radius 3 is 2.59 bits per heavy atom. The lowest BCUT2D eigenvalue weighted by atomic mass is 10.0. The van der Waals surface area contributed by atoms with Crippen molar-refractivity contribution in [3.05, 3.63) is 58.6 Å². The van der Waals surface area contributed by atoms with E-state index in [1.165, 1.54) is 11.8 Å². The number of carbonyl (C=O) groups is 1. The number of benzene rings is 2. The van der Waals surface area contributed by atoms with E-state index in [0.29, 0.717) is 22.2 Å². The first-order valence-corrected chi connectivity index (χ1v) is 8.14. The fraction of sp³-hybridized carbons (Fsp3) is 0.188. The molecule has 1 unspecified atom stereocenters. The first-order valence-electron chi connectivity index (χ1n) is 6.71. The van der Waals surface area contributed by atoms with Gasteiger partial charge >= 0.3 is 5.97 Å². The van der Waals surface area contributed by atoms with Crippen molar-refractivity contribution in [2.75, 3.05) is 17.2 Å². The lowest BCUT2D eigenvalue weighted by Gasteiger charge is -2.20. The molecular formula is C16H17ClN2O2S. The summed E-state index contributed by atoms with van der Waals surface area (Å²) in [7, 11) is 0. The Hall–Kier alpha value is -1.85. The van der Waals surface area contributed by atoms with Gasteiger partial charge in [0.05, 0.1) is 11.7 Å². The molecule has 5 N–H and O–H groups in total. The molecule has 0 saturated heterocycles. The van der Waals surface area contributed by atoms with Crippen LogP contribution in [-0.2, 0) is 4.79 Å². The van der Waals surface area contributed by atoms with Gasteiger partial charge < -0.3 is 16.6 Å². The topological polar surface area (TPSA) is 89.3 Å². The van der Waals surface area contributed by atoms with E-state index in [1.807, 2.05) is 30.3 Å². The van der Waals surface area contributed by atoms with Crippen molar-refractivity contribution in [3.63, 3.8) is 0 Å². The van der Waals surface area contributed by atoms with Crippen LogP contribution in [0.4, 0.5) is 11.4 Å². The molecule has 4 nitrogen and oxygen atoms in total. The summed E-state index contributed by atoms with van der Waals surface area (Å²) in [4.78, 5) is 10.8. The Balaban J connectivity index is 2.39. The molecule has 0 bridgehead atoms. The molecule has 0 saturated carbocycles. The summed E-state index contributed by atoms with van der Waals surface area (Å²) in [5.41, 5.74) is 14.9. The molecule has 0 amide bonds. The quantitative estimate of drug-likeness (QED) is 0.698. The van der Waals surface area contributed by atoms with Crippen LogP contribution in [0, 0.1) is 0 Å². The molecule has 1 atom stereocenters. The van der Waals surface area contributed by atoms with Gasteiger partial charge in [-0.25, -0.2) is 0 Å². The van der Waals surface area contributed by atoms with Crippen molar-refractivity contribution in [1.82, 2.24) is 0 Å². The van der Waals surface area contributed by atoms with Crippen molar-refractivity contribution in [3.8, 4) is 0 Å². The van der Waals surface area contributed by atoms with Crippen LogP contribution in [0.3, 0.4) is 0 Å². The molecule has 2 rings (SSSR count). The smallest absolute Gasteiger partial charge is 0.304 e. The van der Waals surface area contributed by atoms with Gasteiger partial charge in [0.25, 0.3) is 0 Å². The highest BCUT2D eigenvalue weighted by Gasteiger charge is 2.20. The number of halogens is 1. The largest absolute Gasteiger partial charge is 0.481 e. The third-order valence-electron chi connectivity index (χ3n) is 3.18.